The van der Waals surface area contributed by atoms with Gasteiger partial charge in [0.2, 0.25) is 0 Å². The Bertz CT molecular complexity index is 37.1. The third-order valence-electron chi connectivity index (χ3n) is 0.553. The average molecular weight is 118 g/mol. The molecule has 7 heavy (non-hydrogen) atoms. The summed E-state index contributed by atoms with van der Waals surface area (Å²) in [5.74, 6) is 0.984. The number of hydrogen-bond donors (Lipinski definition) is 0. The van der Waals surface area contributed by atoms with Gasteiger partial charge in [0.05, 0.1) is 0 Å². The molecule has 0 unspecified atom stereocenters. The molecule has 0 bridgehead atoms. The van der Waals surface area contributed by atoms with E-state index in [0.717, 1.165) is 5.75 Å². The predicted molar refractivity (Wildman–Crippen MR) is 35.6 cm³/mol. The molecule has 2 heteroatoms. The molecule has 0 saturated carbocycles. The minimum atomic E-state index is 0.558. The molecule has 0 aliphatic heterocycles. The first-order chi connectivity index (χ1) is 3.27. The highest BCUT2D eigenvalue weighted by molar-refractivity contribution is 7.99. The van der Waals surface area contributed by atoms with Crippen LogP contribution in [0.5, 0.6) is 0 Å². The van der Waals surface area contributed by atoms with E-state index in [-0.39, 0.29) is 0 Å². The molecule has 1 N–H and O–H groups in total. The summed E-state index contributed by atoms with van der Waals surface area (Å²) < 4.78 is 0. The van der Waals surface area contributed by atoms with Gasteiger partial charge in [0, 0.05) is 12.3 Å². The third-order valence-corrected chi connectivity index (χ3v) is 1.66. The lowest BCUT2D eigenvalue weighted by molar-refractivity contribution is 1.07. The summed E-state index contributed by atoms with van der Waals surface area (Å²) in [4.78, 5) is 0. The third kappa shape index (κ3) is 6.31. The van der Waals surface area contributed by atoms with E-state index < -0.39 is 0 Å². The molecule has 0 aromatic heterocycles. The number of rotatable bonds is 3. The maximum atomic E-state index is 6.78. The molecular weight excluding hydrogens is 106 g/mol. The molecule has 0 heterocycles. The first kappa shape index (κ1) is 7.31. The molecular formula is C5H12NS. The minimum Gasteiger partial charge on any atom is -0.257 e. The molecule has 0 aliphatic carbocycles. The zero-order chi connectivity index (χ0) is 5.70. The van der Waals surface area contributed by atoms with Crippen molar-refractivity contribution in [3.63, 3.8) is 0 Å². The fourth-order valence-electron chi connectivity index (χ4n) is 0.295. The SMILES string of the molecule is CC(C)SCC[NH]. The highest BCUT2D eigenvalue weighted by Gasteiger charge is 1.89. The number of thioether (sulfide) groups is 1. The second-order valence-electron chi connectivity index (χ2n) is 1.67. The van der Waals surface area contributed by atoms with Gasteiger partial charge in [0.25, 0.3) is 0 Å². The molecule has 1 nitrogen and oxygen atoms in total. The Morgan fingerprint density at radius 2 is 2.14 bits per heavy atom. The van der Waals surface area contributed by atoms with Crippen LogP contribution in [0.25, 0.3) is 0 Å². The zero-order valence-corrected chi connectivity index (χ0v) is 5.72. The molecule has 0 aromatic carbocycles. The van der Waals surface area contributed by atoms with Crippen molar-refractivity contribution in [2.45, 2.75) is 19.1 Å². The van der Waals surface area contributed by atoms with Gasteiger partial charge in [-0.05, 0) is 5.25 Å². The summed E-state index contributed by atoms with van der Waals surface area (Å²) in [6.45, 7) is 4.86. The second kappa shape index (κ2) is 4.47. The summed E-state index contributed by atoms with van der Waals surface area (Å²) in [6.07, 6.45) is 0. The Balaban J connectivity index is 2.68. The van der Waals surface area contributed by atoms with Gasteiger partial charge in [0.1, 0.15) is 0 Å². The molecule has 0 aromatic rings. The van der Waals surface area contributed by atoms with Crippen LogP contribution < -0.4 is 5.73 Å². The van der Waals surface area contributed by atoms with E-state index in [1.807, 2.05) is 11.8 Å². The van der Waals surface area contributed by atoms with Crippen LogP contribution in [0.1, 0.15) is 13.8 Å². The lowest BCUT2D eigenvalue weighted by atomic mass is 10.6. The Kier molecular flexibility index (Phi) is 4.67. The molecule has 0 spiro atoms. The normalized spacial score (nSPS) is 10.3. The van der Waals surface area contributed by atoms with Gasteiger partial charge in [-0.1, -0.05) is 13.8 Å². The van der Waals surface area contributed by atoms with Crippen molar-refractivity contribution >= 4 is 11.8 Å². The van der Waals surface area contributed by atoms with Gasteiger partial charge in [-0.3, -0.25) is 5.73 Å². The van der Waals surface area contributed by atoms with Crippen molar-refractivity contribution in [3.05, 3.63) is 0 Å². The molecule has 1 radical (unpaired) electrons. The summed E-state index contributed by atoms with van der Waals surface area (Å²) in [6, 6.07) is 0. The van der Waals surface area contributed by atoms with E-state index in [4.69, 9.17) is 5.73 Å². The molecule has 0 atom stereocenters. The van der Waals surface area contributed by atoms with Crippen molar-refractivity contribution in [1.29, 1.82) is 0 Å². The van der Waals surface area contributed by atoms with Crippen molar-refractivity contribution in [1.82, 2.24) is 5.73 Å². The Labute approximate surface area is 49.7 Å². The van der Waals surface area contributed by atoms with Crippen LogP contribution in [0.15, 0.2) is 0 Å². The highest BCUT2D eigenvalue weighted by Crippen LogP contribution is 2.06. The number of hydrogen-bond acceptors (Lipinski definition) is 1. The lowest BCUT2D eigenvalue weighted by Gasteiger charge is -1.98. The van der Waals surface area contributed by atoms with E-state index >= 15 is 0 Å². The monoisotopic (exact) mass is 118 g/mol. The van der Waals surface area contributed by atoms with Crippen LogP contribution in [0.3, 0.4) is 0 Å². The molecule has 0 amide bonds. The fraction of sp³-hybridized carbons (Fsp3) is 1.00. The first-order valence-electron chi connectivity index (χ1n) is 2.53. The van der Waals surface area contributed by atoms with Crippen LogP contribution in [0.2, 0.25) is 0 Å². The quantitative estimate of drug-likeness (QED) is 0.549. The van der Waals surface area contributed by atoms with E-state index in [0.29, 0.717) is 11.8 Å². The maximum absolute atomic E-state index is 6.78. The van der Waals surface area contributed by atoms with Crippen molar-refractivity contribution in [3.8, 4) is 0 Å². The Morgan fingerprint density at radius 1 is 1.57 bits per heavy atom. The van der Waals surface area contributed by atoms with E-state index in [1.165, 1.54) is 0 Å². The lowest BCUT2D eigenvalue weighted by Crippen LogP contribution is -1.94. The van der Waals surface area contributed by atoms with Gasteiger partial charge in [-0.15, -0.1) is 0 Å². The highest BCUT2D eigenvalue weighted by atomic mass is 32.2. The van der Waals surface area contributed by atoms with Gasteiger partial charge in [-0.2, -0.15) is 11.8 Å². The van der Waals surface area contributed by atoms with Gasteiger partial charge < -0.3 is 0 Å². The number of nitrogens with one attached hydrogen (secondary N) is 1. The minimum absolute atomic E-state index is 0.558. The molecule has 0 aliphatic rings. The van der Waals surface area contributed by atoms with Crippen LogP contribution in [-0.4, -0.2) is 17.5 Å². The van der Waals surface area contributed by atoms with Crippen LogP contribution in [0.4, 0.5) is 0 Å². The summed E-state index contributed by atoms with van der Waals surface area (Å²) in [5.41, 5.74) is 6.78. The van der Waals surface area contributed by atoms with Gasteiger partial charge in [-0.25, -0.2) is 0 Å². The van der Waals surface area contributed by atoms with Crippen LogP contribution in [0, 0.1) is 0 Å². The van der Waals surface area contributed by atoms with Crippen LogP contribution >= 0.6 is 11.8 Å². The summed E-state index contributed by atoms with van der Waals surface area (Å²) in [5, 5.41) is 0.699. The second-order valence-corrected chi connectivity index (χ2v) is 3.35. The predicted octanol–water partition coefficient (Wildman–Crippen LogP) is 1.41. The standard InChI is InChI=1S/C5H12NS/c1-5(2)7-4-3-6/h5-6H,3-4H2,1-2H3. The Morgan fingerprint density at radius 3 is 2.29 bits per heavy atom. The van der Waals surface area contributed by atoms with Crippen molar-refractivity contribution in [2.75, 3.05) is 12.3 Å². The average Bonchev–Trinajstić information content (AvgIpc) is 1.61. The van der Waals surface area contributed by atoms with E-state index in [2.05, 4.69) is 13.8 Å². The van der Waals surface area contributed by atoms with Gasteiger partial charge in [0.15, 0.2) is 0 Å². The molecule has 0 fully saturated rings. The van der Waals surface area contributed by atoms with Gasteiger partial charge >= 0.3 is 0 Å². The molecule has 0 rings (SSSR count). The topological polar surface area (TPSA) is 23.8 Å². The zero-order valence-electron chi connectivity index (χ0n) is 4.90. The first-order valence-corrected chi connectivity index (χ1v) is 3.58. The van der Waals surface area contributed by atoms with E-state index in [1.54, 1.807) is 0 Å². The fourth-order valence-corrected chi connectivity index (χ4v) is 0.884. The van der Waals surface area contributed by atoms with Crippen molar-refractivity contribution in [2.24, 2.45) is 0 Å². The summed E-state index contributed by atoms with van der Waals surface area (Å²) in [7, 11) is 0. The smallest absolute Gasteiger partial charge is 0.0191 e. The maximum Gasteiger partial charge on any atom is 0.0191 e. The van der Waals surface area contributed by atoms with E-state index in [9.17, 15) is 0 Å². The molecule has 0 saturated heterocycles. The largest absolute Gasteiger partial charge is 0.257 e. The summed E-state index contributed by atoms with van der Waals surface area (Å²) >= 11 is 1.84. The van der Waals surface area contributed by atoms with Crippen LogP contribution in [-0.2, 0) is 0 Å². The van der Waals surface area contributed by atoms with Crippen molar-refractivity contribution < 1.29 is 0 Å². The molecule has 43 valence electrons. The Hall–Kier alpha value is 0.310.